The molecule has 1 N–H and O–H groups in total. The van der Waals surface area contributed by atoms with Crippen LogP contribution >= 0.6 is 11.6 Å². The SMILES string of the molecule is CN1C2CCC1CC(CNC(=O)CCCCl)C2. The first-order valence-corrected chi connectivity index (χ1v) is 7.28. The van der Waals surface area contributed by atoms with E-state index >= 15 is 0 Å². The molecule has 17 heavy (non-hydrogen) atoms. The fourth-order valence-electron chi connectivity index (χ4n) is 3.26. The number of piperidine rings is 1. The molecule has 2 rings (SSSR count). The molecule has 3 nitrogen and oxygen atoms in total. The third-order valence-electron chi connectivity index (χ3n) is 4.32. The van der Waals surface area contributed by atoms with Crippen LogP contribution in [0.4, 0.5) is 0 Å². The predicted octanol–water partition coefficient (Wildman–Crippen LogP) is 1.99. The van der Waals surface area contributed by atoms with Gasteiger partial charge in [-0.05, 0) is 45.1 Å². The van der Waals surface area contributed by atoms with Crippen LogP contribution in [0.25, 0.3) is 0 Å². The monoisotopic (exact) mass is 258 g/mol. The molecule has 2 heterocycles. The minimum atomic E-state index is 0.164. The standard InChI is InChI=1S/C13H23ClN2O/c1-16-11-4-5-12(16)8-10(7-11)9-15-13(17)3-2-6-14/h10-12H,2-9H2,1H3,(H,15,17). The average Bonchev–Trinajstić information content (AvgIpc) is 2.57. The van der Waals surface area contributed by atoms with Crippen LogP contribution in [0.2, 0.25) is 0 Å². The van der Waals surface area contributed by atoms with E-state index in [9.17, 15) is 4.79 Å². The first-order valence-electron chi connectivity index (χ1n) is 6.75. The number of amides is 1. The largest absolute Gasteiger partial charge is 0.356 e. The van der Waals surface area contributed by atoms with E-state index in [0.717, 1.165) is 25.0 Å². The topological polar surface area (TPSA) is 32.3 Å². The number of nitrogens with one attached hydrogen (secondary N) is 1. The van der Waals surface area contributed by atoms with Gasteiger partial charge in [0.1, 0.15) is 0 Å². The van der Waals surface area contributed by atoms with Crippen molar-refractivity contribution in [3.8, 4) is 0 Å². The number of fused-ring (bicyclic) bond motifs is 2. The molecule has 4 heteroatoms. The molecule has 0 aliphatic carbocycles. The maximum atomic E-state index is 11.5. The number of alkyl halides is 1. The summed E-state index contributed by atoms with van der Waals surface area (Å²) in [6, 6.07) is 1.52. The van der Waals surface area contributed by atoms with Gasteiger partial charge in [-0.3, -0.25) is 4.79 Å². The Labute approximate surface area is 109 Å². The molecule has 0 radical (unpaired) electrons. The van der Waals surface area contributed by atoms with Crippen molar-refractivity contribution >= 4 is 17.5 Å². The van der Waals surface area contributed by atoms with E-state index in [1.165, 1.54) is 25.7 Å². The van der Waals surface area contributed by atoms with Crippen LogP contribution in [0, 0.1) is 5.92 Å². The summed E-state index contributed by atoms with van der Waals surface area (Å²) in [5.74, 6) is 1.42. The molecule has 2 aliphatic rings. The van der Waals surface area contributed by atoms with Gasteiger partial charge in [0, 0.05) is 30.9 Å². The Morgan fingerprint density at radius 2 is 2.00 bits per heavy atom. The van der Waals surface area contributed by atoms with Crippen molar-refractivity contribution in [3.05, 3.63) is 0 Å². The summed E-state index contributed by atoms with van der Waals surface area (Å²) >= 11 is 5.57. The van der Waals surface area contributed by atoms with Gasteiger partial charge in [0.15, 0.2) is 0 Å². The van der Waals surface area contributed by atoms with Crippen LogP contribution in [0.3, 0.4) is 0 Å². The van der Waals surface area contributed by atoms with Crippen LogP contribution in [0.5, 0.6) is 0 Å². The van der Waals surface area contributed by atoms with Crippen LogP contribution in [0.15, 0.2) is 0 Å². The quantitative estimate of drug-likeness (QED) is 0.765. The van der Waals surface area contributed by atoms with E-state index in [4.69, 9.17) is 11.6 Å². The summed E-state index contributed by atoms with van der Waals surface area (Å²) in [7, 11) is 2.25. The molecule has 98 valence electrons. The van der Waals surface area contributed by atoms with Gasteiger partial charge in [0.05, 0.1) is 0 Å². The predicted molar refractivity (Wildman–Crippen MR) is 70.3 cm³/mol. The van der Waals surface area contributed by atoms with Gasteiger partial charge in [-0.25, -0.2) is 0 Å². The summed E-state index contributed by atoms with van der Waals surface area (Å²) in [5.41, 5.74) is 0. The highest BCUT2D eigenvalue weighted by molar-refractivity contribution is 6.17. The number of carbonyl (C=O) groups is 1. The van der Waals surface area contributed by atoms with E-state index < -0.39 is 0 Å². The van der Waals surface area contributed by atoms with Gasteiger partial charge >= 0.3 is 0 Å². The van der Waals surface area contributed by atoms with E-state index in [2.05, 4.69) is 17.3 Å². The smallest absolute Gasteiger partial charge is 0.220 e. The Morgan fingerprint density at radius 3 is 2.59 bits per heavy atom. The van der Waals surface area contributed by atoms with E-state index in [1.54, 1.807) is 0 Å². The molecule has 2 unspecified atom stereocenters. The van der Waals surface area contributed by atoms with Gasteiger partial charge in [-0.15, -0.1) is 11.6 Å². The van der Waals surface area contributed by atoms with Gasteiger partial charge in [0.25, 0.3) is 0 Å². The lowest BCUT2D eigenvalue weighted by Gasteiger charge is -2.36. The van der Waals surface area contributed by atoms with Gasteiger partial charge in [-0.1, -0.05) is 0 Å². The Balaban J connectivity index is 1.69. The van der Waals surface area contributed by atoms with Crippen molar-refractivity contribution in [2.45, 2.75) is 50.6 Å². The van der Waals surface area contributed by atoms with Gasteiger partial charge < -0.3 is 10.2 Å². The lowest BCUT2D eigenvalue weighted by Crippen LogP contribution is -2.43. The summed E-state index contributed by atoms with van der Waals surface area (Å²) in [6.45, 7) is 0.863. The Kier molecular flexibility index (Phi) is 4.69. The highest BCUT2D eigenvalue weighted by Crippen LogP contribution is 2.36. The summed E-state index contributed by atoms with van der Waals surface area (Å²) in [4.78, 5) is 14.0. The first kappa shape index (κ1) is 13.2. The maximum Gasteiger partial charge on any atom is 0.220 e. The zero-order chi connectivity index (χ0) is 12.3. The minimum Gasteiger partial charge on any atom is -0.356 e. The molecule has 2 fully saturated rings. The highest BCUT2D eigenvalue weighted by atomic mass is 35.5. The molecule has 0 aromatic carbocycles. The molecule has 0 saturated carbocycles. The maximum absolute atomic E-state index is 11.5. The lowest BCUT2D eigenvalue weighted by molar-refractivity contribution is -0.121. The fraction of sp³-hybridized carbons (Fsp3) is 0.923. The number of hydrogen-bond acceptors (Lipinski definition) is 2. The molecule has 0 aromatic heterocycles. The molecular formula is C13H23ClN2O. The van der Waals surface area contributed by atoms with Crippen molar-refractivity contribution in [3.63, 3.8) is 0 Å². The number of hydrogen-bond donors (Lipinski definition) is 1. The molecule has 0 spiro atoms. The van der Waals surface area contributed by atoms with Crippen LogP contribution in [-0.2, 0) is 4.79 Å². The molecular weight excluding hydrogens is 236 g/mol. The number of halogens is 1. The van der Waals surface area contributed by atoms with Crippen molar-refractivity contribution in [2.75, 3.05) is 19.5 Å². The first-order chi connectivity index (χ1) is 8.20. The minimum absolute atomic E-state index is 0.164. The molecule has 2 saturated heterocycles. The van der Waals surface area contributed by atoms with Crippen molar-refractivity contribution in [1.29, 1.82) is 0 Å². The third kappa shape index (κ3) is 3.35. The number of carbonyl (C=O) groups excluding carboxylic acids is 1. The highest BCUT2D eigenvalue weighted by Gasteiger charge is 2.38. The van der Waals surface area contributed by atoms with Crippen LogP contribution < -0.4 is 5.32 Å². The van der Waals surface area contributed by atoms with Crippen molar-refractivity contribution < 1.29 is 4.79 Å². The molecule has 2 aliphatic heterocycles. The van der Waals surface area contributed by atoms with Gasteiger partial charge in [-0.2, -0.15) is 0 Å². The van der Waals surface area contributed by atoms with E-state index in [-0.39, 0.29) is 5.91 Å². The molecule has 0 aromatic rings. The number of nitrogens with zero attached hydrogens (tertiary/aromatic N) is 1. The third-order valence-corrected chi connectivity index (χ3v) is 4.59. The van der Waals surface area contributed by atoms with E-state index in [1.807, 2.05) is 0 Å². The Bertz CT molecular complexity index is 258. The Hall–Kier alpha value is -0.280. The normalized spacial score (nSPS) is 32.7. The summed E-state index contributed by atoms with van der Waals surface area (Å²) in [6.07, 6.45) is 6.55. The van der Waals surface area contributed by atoms with Crippen molar-refractivity contribution in [2.24, 2.45) is 5.92 Å². The summed E-state index contributed by atoms with van der Waals surface area (Å²) in [5, 5.41) is 3.05. The second kappa shape index (κ2) is 6.05. The van der Waals surface area contributed by atoms with Crippen molar-refractivity contribution in [1.82, 2.24) is 10.2 Å². The van der Waals surface area contributed by atoms with Gasteiger partial charge in [0.2, 0.25) is 5.91 Å². The molecule has 2 bridgehead atoms. The molecule has 2 atom stereocenters. The lowest BCUT2D eigenvalue weighted by atomic mass is 9.91. The second-order valence-electron chi connectivity index (χ2n) is 5.48. The number of rotatable bonds is 5. The molecule has 1 amide bonds. The van der Waals surface area contributed by atoms with Crippen LogP contribution in [0.1, 0.15) is 38.5 Å². The second-order valence-corrected chi connectivity index (χ2v) is 5.86. The Morgan fingerprint density at radius 1 is 1.35 bits per heavy atom. The zero-order valence-electron chi connectivity index (χ0n) is 10.6. The zero-order valence-corrected chi connectivity index (χ0v) is 11.4. The van der Waals surface area contributed by atoms with Crippen LogP contribution in [-0.4, -0.2) is 42.4 Å². The fourth-order valence-corrected chi connectivity index (χ4v) is 3.40. The summed E-state index contributed by atoms with van der Waals surface area (Å²) < 4.78 is 0. The van der Waals surface area contributed by atoms with E-state index in [0.29, 0.717) is 18.2 Å². The average molecular weight is 259 g/mol.